The van der Waals surface area contributed by atoms with Crippen molar-refractivity contribution in [3.63, 3.8) is 0 Å². The molecule has 0 aliphatic carbocycles. The van der Waals surface area contributed by atoms with E-state index in [9.17, 15) is 4.21 Å². The van der Waals surface area contributed by atoms with Gasteiger partial charge in [0.1, 0.15) is 34.9 Å². The molecule has 1 aliphatic heterocycles. The van der Waals surface area contributed by atoms with Crippen LogP contribution in [0.4, 0.5) is 5.95 Å². The van der Waals surface area contributed by atoms with Gasteiger partial charge in [0, 0.05) is 44.3 Å². The highest BCUT2D eigenvalue weighted by atomic mass is 127. The second-order valence-corrected chi connectivity index (χ2v) is 13.7. The Morgan fingerprint density at radius 3 is 2.58 bits per heavy atom. The summed E-state index contributed by atoms with van der Waals surface area (Å²) in [6, 6.07) is 5.39. The van der Waals surface area contributed by atoms with Crippen LogP contribution in [-0.2, 0) is 22.1 Å². The zero-order chi connectivity index (χ0) is 29.2. The first kappa shape index (κ1) is 32.5. The van der Waals surface area contributed by atoms with Gasteiger partial charge < -0.3 is 19.3 Å². The molecule has 1 aromatic carbocycles. The Morgan fingerprint density at radius 2 is 1.95 bits per heavy atom. The number of nitrogens with zero attached hydrogens (tertiary/aromatic N) is 6. The minimum atomic E-state index is -1.42. The molecule has 1 N–H and O–H groups in total. The molecule has 3 atom stereocenters. The van der Waals surface area contributed by atoms with E-state index in [4.69, 9.17) is 19.3 Å². The van der Waals surface area contributed by atoms with E-state index in [1.807, 2.05) is 40.9 Å². The van der Waals surface area contributed by atoms with Crippen LogP contribution in [-0.4, -0.2) is 85.1 Å². The van der Waals surface area contributed by atoms with E-state index in [0.29, 0.717) is 55.3 Å². The molecule has 40 heavy (non-hydrogen) atoms. The van der Waals surface area contributed by atoms with Crippen LogP contribution in [0.25, 0.3) is 11.4 Å². The van der Waals surface area contributed by atoms with Gasteiger partial charge in [-0.05, 0) is 72.7 Å². The number of aliphatic hydroxyl groups is 1. The summed E-state index contributed by atoms with van der Waals surface area (Å²) in [6.07, 6.45) is 3.87. The van der Waals surface area contributed by atoms with Crippen molar-refractivity contribution in [2.45, 2.75) is 51.5 Å². The van der Waals surface area contributed by atoms with Gasteiger partial charge in [0.15, 0.2) is 5.82 Å². The van der Waals surface area contributed by atoms with Gasteiger partial charge in [-0.1, -0.05) is 8.93 Å². The molecule has 3 heterocycles. The summed E-state index contributed by atoms with van der Waals surface area (Å²) in [7, 11) is 3.50. The standard InChI is InChI=1S/C23H29IN6O4S2.C3H8O/c1-15-11-25-21(26-12-15)9-16(2)36(31)29(7-8-35-24)23-28-27-22-19-10-18(33-4)5-6-20(19)34-14-17(13-32-3)30(22)23;1-3(2)4/h5-6,10-12,16-17H,7-9,13-14H2,1-4H3;3-4H,1-2H3. The van der Waals surface area contributed by atoms with E-state index in [1.165, 1.54) is 0 Å². The van der Waals surface area contributed by atoms with Crippen LogP contribution in [0.5, 0.6) is 11.5 Å². The van der Waals surface area contributed by atoms with Gasteiger partial charge in [-0.3, -0.25) is 8.87 Å². The molecule has 0 saturated heterocycles. The van der Waals surface area contributed by atoms with Crippen LogP contribution in [0.1, 0.15) is 38.2 Å². The highest BCUT2D eigenvalue weighted by Crippen LogP contribution is 2.39. The summed E-state index contributed by atoms with van der Waals surface area (Å²) >= 11 is 2.25. The maximum absolute atomic E-state index is 13.9. The molecule has 0 radical (unpaired) electrons. The Labute approximate surface area is 254 Å². The summed E-state index contributed by atoms with van der Waals surface area (Å²) in [5, 5.41) is 16.9. The maximum atomic E-state index is 13.9. The Kier molecular flexibility index (Phi) is 12.9. The molecular formula is C26H37IN6O5S2. The van der Waals surface area contributed by atoms with Gasteiger partial charge in [-0.15, -0.1) is 10.2 Å². The predicted molar refractivity (Wildman–Crippen MR) is 168 cm³/mol. The minimum absolute atomic E-state index is 0.167. The first-order valence-corrected chi connectivity index (χ1v) is 17.5. The average Bonchev–Trinajstić information content (AvgIpc) is 3.30. The molecular weight excluding hydrogens is 667 g/mol. The summed E-state index contributed by atoms with van der Waals surface area (Å²) in [6.45, 7) is 8.61. The summed E-state index contributed by atoms with van der Waals surface area (Å²) in [5.41, 5.74) is 1.75. The van der Waals surface area contributed by atoms with Crippen LogP contribution in [0.15, 0.2) is 30.6 Å². The highest BCUT2D eigenvalue weighted by molar-refractivity contribution is 14.2. The largest absolute Gasteiger partial charge is 0.497 e. The van der Waals surface area contributed by atoms with Gasteiger partial charge in [0.25, 0.3) is 0 Å². The number of methoxy groups -OCH3 is 2. The van der Waals surface area contributed by atoms with Gasteiger partial charge in [0.05, 0.1) is 30.6 Å². The number of aryl methyl sites for hydroxylation is 1. The zero-order valence-electron chi connectivity index (χ0n) is 23.6. The Morgan fingerprint density at radius 1 is 1.25 bits per heavy atom. The van der Waals surface area contributed by atoms with Crippen molar-refractivity contribution in [2.75, 3.05) is 44.0 Å². The van der Waals surface area contributed by atoms with E-state index < -0.39 is 11.0 Å². The molecule has 3 aromatic rings. The van der Waals surface area contributed by atoms with Crippen LogP contribution >= 0.6 is 30.1 Å². The molecule has 0 saturated carbocycles. The molecule has 0 fully saturated rings. The van der Waals surface area contributed by atoms with Crippen LogP contribution in [0.3, 0.4) is 0 Å². The molecule has 3 unspecified atom stereocenters. The van der Waals surface area contributed by atoms with Crippen molar-refractivity contribution in [3.05, 3.63) is 42.0 Å². The normalized spacial score (nSPS) is 15.6. The lowest BCUT2D eigenvalue weighted by Crippen LogP contribution is -2.38. The van der Waals surface area contributed by atoms with Gasteiger partial charge in [0.2, 0.25) is 5.95 Å². The number of halogens is 1. The highest BCUT2D eigenvalue weighted by Gasteiger charge is 2.33. The Hall–Kier alpha value is -2.01. The number of aliphatic hydroxyl groups excluding tert-OH is 1. The van der Waals surface area contributed by atoms with Crippen molar-refractivity contribution >= 4 is 47.1 Å². The first-order chi connectivity index (χ1) is 19.2. The topological polar surface area (TPSA) is 125 Å². The van der Waals surface area contributed by atoms with Crippen molar-refractivity contribution in [1.82, 2.24) is 24.7 Å². The molecule has 0 bridgehead atoms. The Balaban J connectivity index is 0.00000103. The van der Waals surface area contributed by atoms with E-state index in [-0.39, 0.29) is 17.4 Å². The number of anilines is 1. The van der Waals surface area contributed by atoms with E-state index in [0.717, 1.165) is 16.9 Å². The number of rotatable bonds is 11. The van der Waals surface area contributed by atoms with E-state index >= 15 is 0 Å². The quantitative estimate of drug-likeness (QED) is 0.291. The van der Waals surface area contributed by atoms with Gasteiger partial charge in [-0.2, -0.15) is 0 Å². The van der Waals surface area contributed by atoms with Crippen molar-refractivity contribution in [2.24, 2.45) is 0 Å². The fourth-order valence-corrected chi connectivity index (χ4v) is 6.18. The molecule has 14 heteroatoms. The van der Waals surface area contributed by atoms with Crippen molar-refractivity contribution in [3.8, 4) is 22.9 Å². The maximum Gasteiger partial charge on any atom is 0.239 e. The summed E-state index contributed by atoms with van der Waals surface area (Å²) in [5.74, 6) is 3.94. The molecule has 220 valence electrons. The molecule has 1 aliphatic rings. The lowest BCUT2D eigenvalue weighted by molar-refractivity contribution is 0.126. The second-order valence-electron chi connectivity index (χ2n) is 9.45. The number of ether oxygens (including phenoxy) is 3. The third kappa shape index (κ3) is 8.50. The molecule has 4 rings (SSSR count). The monoisotopic (exact) mass is 704 g/mol. The Bertz CT molecular complexity index is 1240. The average molecular weight is 705 g/mol. The zero-order valence-corrected chi connectivity index (χ0v) is 27.4. The van der Waals surface area contributed by atoms with Crippen LogP contribution in [0, 0.1) is 6.92 Å². The SMILES string of the molecule is CC(C)O.COCC1COc2ccc(OC)cc2-c2nnc(N(CCSI)S(=O)C(C)Cc3ncc(C)cn3)n21. The predicted octanol–water partition coefficient (Wildman–Crippen LogP) is 4.20. The van der Waals surface area contributed by atoms with Crippen LogP contribution < -0.4 is 13.8 Å². The number of hydrogen-bond donors (Lipinski definition) is 1. The number of benzene rings is 1. The lowest BCUT2D eigenvalue weighted by Gasteiger charge is -2.27. The van der Waals surface area contributed by atoms with E-state index in [1.54, 1.807) is 49.4 Å². The molecule has 0 amide bonds. The van der Waals surface area contributed by atoms with Crippen molar-refractivity contribution in [1.29, 1.82) is 0 Å². The minimum Gasteiger partial charge on any atom is -0.497 e. The van der Waals surface area contributed by atoms with Crippen molar-refractivity contribution < 1.29 is 23.5 Å². The lowest BCUT2D eigenvalue weighted by atomic mass is 10.1. The summed E-state index contributed by atoms with van der Waals surface area (Å²) < 4.78 is 34.8. The smallest absolute Gasteiger partial charge is 0.239 e. The number of hydrogen-bond acceptors (Lipinski definition) is 10. The fraction of sp³-hybridized carbons (Fsp3) is 0.538. The van der Waals surface area contributed by atoms with Gasteiger partial charge in [-0.25, -0.2) is 14.2 Å². The first-order valence-electron chi connectivity index (χ1n) is 12.8. The number of aromatic nitrogens is 5. The molecule has 0 spiro atoms. The molecule has 2 aromatic heterocycles. The second kappa shape index (κ2) is 15.8. The third-order valence-corrected chi connectivity index (χ3v) is 9.01. The fourth-order valence-electron chi connectivity index (χ4n) is 3.94. The van der Waals surface area contributed by atoms with Crippen LogP contribution in [0.2, 0.25) is 0 Å². The number of fused-ring (bicyclic) bond motifs is 3. The molecule has 11 nitrogen and oxygen atoms in total. The van der Waals surface area contributed by atoms with E-state index in [2.05, 4.69) is 41.4 Å². The third-order valence-electron chi connectivity index (χ3n) is 5.72. The summed E-state index contributed by atoms with van der Waals surface area (Å²) in [4.78, 5) is 8.80. The van der Waals surface area contributed by atoms with Gasteiger partial charge >= 0.3 is 0 Å².